The fourth-order valence-electron chi connectivity index (χ4n) is 2.72. The summed E-state index contributed by atoms with van der Waals surface area (Å²) in [5.41, 5.74) is 4.32. The molecule has 0 aliphatic carbocycles. The summed E-state index contributed by atoms with van der Waals surface area (Å²) in [6.07, 6.45) is 3.73. The summed E-state index contributed by atoms with van der Waals surface area (Å²) in [6.45, 7) is 4.29. The van der Waals surface area contributed by atoms with E-state index >= 15 is 0 Å². The number of methoxy groups -OCH3 is 1. The summed E-state index contributed by atoms with van der Waals surface area (Å²) in [5, 5.41) is 7.36. The lowest BCUT2D eigenvalue weighted by molar-refractivity contribution is 0.415. The van der Waals surface area contributed by atoms with Gasteiger partial charge in [0.1, 0.15) is 11.4 Å². The molecule has 1 N–H and O–H groups in total. The second-order valence-corrected chi connectivity index (χ2v) is 5.24. The van der Waals surface area contributed by atoms with Crippen LogP contribution < -0.4 is 4.74 Å². The van der Waals surface area contributed by atoms with Crippen molar-refractivity contribution in [3.63, 3.8) is 0 Å². The average Bonchev–Trinajstić information content (AvgIpc) is 3.10. The Hall–Kier alpha value is -2.69. The van der Waals surface area contributed by atoms with Crippen LogP contribution >= 0.6 is 0 Å². The van der Waals surface area contributed by atoms with Gasteiger partial charge in [0.2, 0.25) is 0 Å². The number of H-pyrrole nitrogens is 1. The maximum atomic E-state index is 5.26. The highest BCUT2D eigenvalue weighted by atomic mass is 16.5. The summed E-state index contributed by atoms with van der Waals surface area (Å²) in [4.78, 5) is 9.14. The Bertz CT molecular complexity index is 810. The molecule has 0 saturated heterocycles. The van der Waals surface area contributed by atoms with E-state index in [1.807, 2.05) is 30.5 Å². The number of hydrogen-bond acceptors (Lipinski definition) is 4. The monoisotopic (exact) mass is 308 g/mol. The Kier molecular flexibility index (Phi) is 4.37. The topological polar surface area (TPSA) is 63.7 Å². The van der Waals surface area contributed by atoms with Gasteiger partial charge in [-0.25, -0.2) is 4.98 Å². The molecule has 0 unspecified atom stereocenters. The molecule has 0 amide bonds. The van der Waals surface area contributed by atoms with Crippen molar-refractivity contribution in [3.05, 3.63) is 47.7 Å². The van der Waals surface area contributed by atoms with Crippen molar-refractivity contribution in [1.29, 1.82) is 0 Å². The first-order valence-electron chi connectivity index (χ1n) is 7.80. The molecule has 0 spiro atoms. The first kappa shape index (κ1) is 15.2. The van der Waals surface area contributed by atoms with Crippen LogP contribution in [0.3, 0.4) is 0 Å². The zero-order valence-electron chi connectivity index (χ0n) is 13.6. The standard InChI is InChI=1S/C18H20N4O/c1-4-12-9-10-19-16(15(12)5-2)18-20-17(21-22-18)13-7-6-8-14(11-13)23-3/h6-11H,4-5H2,1-3H3,(H,20,21,22). The van der Waals surface area contributed by atoms with Gasteiger partial charge in [0.25, 0.3) is 0 Å². The van der Waals surface area contributed by atoms with E-state index in [1.54, 1.807) is 7.11 Å². The number of ether oxygens (including phenoxy) is 1. The van der Waals surface area contributed by atoms with Gasteiger partial charge >= 0.3 is 0 Å². The van der Waals surface area contributed by atoms with Crippen molar-refractivity contribution in [2.45, 2.75) is 26.7 Å². The van der Waals surface area contributed by atoms with E-state index in [2.05, 4.69) is 40.1 Å². The highest BCUT2D eigenvalue weighted by Gasteiger charge is 2.14. The third kappa shape index (κ3) is 2.95. The number of nitrogens with one attached hydrogen (secondary N) is 1. The zero-order chi connectivity index (χ0) is 16.2. The smallest absolute Gasteiger partial charge is 0.181 e. The predicted molar refractivity (Wildman–Crippen MR) is 90.4 cm³/mol. The normalized spacial score (nSPS) is 10.7. The predicted octanol–water partition coefficient (Wildman–Crippen LogP) is 3.67. The fourth-order valence-corrected chi connectivity index (χ4v) is 2.72. The van der Waals surface area contributed by atoms with E-state index in [4.69, 9.17) is 4.74 Å². The molecular weight excluding hydrogens is 288 g/mol. The van der Waals surface area contributed by atoms with Crippen LogP contribution in [0.1, 0.15) is 25.0 Å². The maximum absolute atomic E-state index is 5.26. The second-order valence-electron chi connectivity index (χ2n) is 5.24. The van der Waals surface area contributed by atoms with Crippen LogP contribution in [0.25, 0.3) is 22.9 Å². The van der Waals surface area contributed by atoms with Crippen LogP contribution in [0, 0.1) is 0 Å². The number of aryl methyl sites for hydroxylation is 1. The molecule has 0 atom stereocenters. The molecule has 0 aliphatic rings. The molecule has 5 heteroatoms. The number of pyridine rings is 1. The second kappa shape index (κ2) is 6.60. The molecule has 0 saturated carbocycles. The molecule has 5 nitrogen and oxygen atoms in total. The Morgan fingerprint density at radius 1 is 1.13 bits per heavy atom. The highest BCUT2D eigenvalue weighted by Crippen LogP contribution is 2.25. The Morgan fingerprint density at radius 3 is 2.74 bits per heavy atom. The van der Waals surface area contributed by atoms with E-state index in [-0.39, 0.29) is 0 Å². The van der Waals surface area contributed by atoms with Gasteiger partial charge in [-0.2, -0.15) is 5.10 Å². The number of aromatic amines is 1. The van der Waals surface area contributed by atoms with Crippen molar-refractivity contribution >= 4 is 0 Å². The third-order valence-corrected chi connectivity index (χ3v) is 3.92. The minimum absolute atomic E-state index is 0.643. The molecule has 2 aromatic heterocycles. The van der Waals surface area contributed by atoms with Gasteiger partial charge < -0.3 is 4.74 Å². The molecule has 23 heavy (non-hydrogen) atoms. The molecule has 3 rings (SSSR count). The first-order chi connectivity index (χ1) is 11.3. The van der Waals surface area contributed by atoms with Gasteiger partial charge in [-0.15, -0.1) is 0 Å². The first-order valence-corrected chi connectivity index (χ1v) is 7.80. The molecule has 0 fully saturated rings. The Morgan fingerprint density at radius 2 is 2.00 bits per heavy atom. The Balaban J connectivity index is 2.02. The summed E-state index contributed by atoms with van der Waals surface area (Å²) in [6, 6.07) is 9.79. The summed E-state index contributed by atoms with van der Waals surface area (Å²) in [5.74, 6) is 2.13. The van der Waals surface area contributed by atoms with Gasteiger partial charge in [0.05, 0.1) is 7.11 Å². The minimum Gasteiger partial charge on any atom is -0.497 e. The average molecular weight is 308 g/mol. The van der Waals surface area contributed by atoms with Crippen LogP contribution in [-0.4, -0.2) is 27.3 Å². The van der Waals surface area contributed by atoms with E-state index in [9.17, 15) is 0 Å². The van der Waals surface area contributed by atoms with Crippen LogP contribution in [0.5, 0.6) is 5.75 Å². The summed E-state index contributed by atoms with van der Waals surface area (Å²) in [7, 11) is 1.65. The highest BCUT2D eigenvalue weighted by molar-refractivity contribution is 5.63. The lowest BCUT2D eigenvalue weighted by Crippen LogP contribution is -1.98. The van der Waals surface area contributed by atoms with Gasteiger partial charge in [-0.3, -0.25) is 10.1 Å². The molecule has 1 aromatic carbocycles. The number of aromatic nitrogens is 4. The van der Waals surface area contributed by atoms with Gasteiger partial charge in [-0.1, -0.05) is 26.0 Å². The van der Waals surface area contributed by atoms with Crippen LogP contribution in [-0.2, 0) is 12.8 Å². The lowest BCUT2D eigenvalue weighted by Gasteiger charge is -2.08. The van der Waals surface area contributed by atoms with Crippen molar-refractivity contribution in [3.8, 4) is 28.7 Å². The molecular formula is C18H20N4O. The third-order valence-electron chi connectivity index (χ3n) is 3.92. The number of rotatable bonds is 5. The summed E-state index contributed by atoms with van der Waals surface area (Å²) < 4.78 is 5.26. The molecule has 2 heterocycles. The maximum Gasteiger partial charge on any atom is 0.181 e. The quantitative estimate of drug-likeness (QED) is 0.781. The SMILES string of the molecule is CCc1ccnc(-c2nc(-c3cccc(OC)c3)n[nH]2)c1CC. The molecule has 3 aromatic rings. The molecule has 0 aliphatic heterocycles. The van der Waals surface area contributed by atoms with E-state index in [1.165, 1.54) is 11.1 Å². The number of nitrogens with zero attached hydrogens (tertiary/aromatic N) is 3. The lowest BCUT2D eigenvalue weighted by atomic mass is 10.0. The van der Waals surface area contributed by atoms with Crippen molar-refractivity contribution in [1.82, 2.24) is 20.2 Å². The van der Waals surface area contributed by atoms with Crippen LogP contribution in [0.4, 0.5) is 0 Å². The largest absolute Gasteiger partial charge is 0.497 e. The van der Waals surface area contributed by atoms with Gasteiger partial charge in [0.15, 0.2) is 11.6 Å². The fraction of sp³-hybridized carbons (Fsp3) is 0.278. The minimum atomic E-state index is 0.643. The van der Waals surface area contributed by atoms with Crippen LogP contribution in [0.2, 0.25) is 0 Å². The van der Waals surface area contributed by atoms with Gasteiger partial charge in [-0.05, 0) is 42.2 Å². The number of hydrogen-bond donors (Lipinski definition) is 1. The molecule has 118 valence electrons. The van der Waals surface area contributed by atoms with E-state index in [0.717, 1.165) is 29.8 Å². The summed E-state index contributed by atoms with van der Waals surface area (Å²) >= 11 is 0. The van der Waals surface area contributed by atoms with Crippen molar-refractivity contribution in [2.75, 3.05) is 7.11 Å². The van der Waals surface area contributed by atoms with E-state index < -0.39 is 0 Å². The van der Waals surface area contributed by atoms with Crippen molar-refractivity contribution in [2.24, 2.45) is 0 Å². The van der Waals surface area contributed by atoms with Crippen molar-refractivity contribution < 1.29 is 4.74 Å². The number of benzene rings is 1. The van der Waals surface area contributed by atoms with Crippen LogP contribution in [0.15, 0.2) is 36.5 Å². The van der Waals surface area contributed by atoms with E-state index in [0.29, 0.717) is 11.6 Å². The van der Waals surface area contributed by atoms with Gasteiger partial charge in [0, 0.05) is 11.8 Å². The Labute approximate surface area is 135 Å². The molecule has 0 bridgehead atoms. The zero-order valence-corrected chi connectivity index (χ0v) is 13.6. The molecule has 0 radical (unpaired) electrons.